The second kappa shape index (κ2) is 5.98. The highest BCUT2D eigenvalue weighted by Gasteiger charge is 2.12. The SMILES string of the molecule is COC(C)CNC(=O)c1cc(Br)c(Br)s1. The van der Waals surface area contributed by atoms with Crippen LogP contribution in [-0.2, 0) is 4.74 Å². The molecule has 0 saturated heterocycles. The molecule has 3 nitrogen and oxygen atoms in total. The van der Waals surface area contributed by atoms with E-state index in [1.807, 2.05) is 6.92 Å². The molecule has 0 aliphatic rings. The van der Waals surface area contributed by atoms with Crippen LogP contribution < -0.4 is 5.32 Å². The zero-order valence-electron chi connectivity index (χ0n) is 8.34. The van der Waals surface area contributed by atoms with Crippen LogP contribution in [0.4, 0.5) is 0 Å². The number of ether oxygens (including phenoxy) is 1. The number of halogens is 2. The first-order valence-corrected chi connectivity index (χ1v) is 6.70. The van der Waals surface area contributed by atoms with Crippen LogP contribution in [0, 0.1) is 0 Å². The molecule has 0 aliphatic heterocycles. The van der Waals surface area contributed by atoms with Crippen LogP contribution in [0.25, 0.3) is 0 Å². The van der Waals surface area contributed by atoms with Gasteiger partial charge in [-0.3, -0.25) is 4.79 Å². The number of nitrogens with one attached hydrogen (secondary N) is 1. The van der Waals surface area contributed by atoms with Gasteiger partial charge in [0, 0.05) is 18.1 Å². The van der Waals surface area contributed by atoms with Crippen molar-refractivity contribution in [3.05, 3.63) is 19.2 Å². The molecule has 1 unspecified atom stereocenters. The average Bonchev–Trinajstić information content (AvgIpc) is 2.55. The Labute approximate surface area is 109 Å². The van der Waals surface area contributed by atoms with Crippen molar-refractivity contribution in [1.82, 2.24) is 5.32 Å². The maximum Gasteiger partial charge on any atom is 0.261 e. The third-order valence-corrected chi connectivity index (χ3v) is 5.08. The lowest BCUT2D eigenvalue weighted by atomic mass is 10.4. The van der Waals surface area contributed by atoms with E-state index in [4.69, 9.17) is 4.74 Å². The topological polar surface area (TPSA) is 38.3 Å². The number of methoxy groups -OCH3 is 1. The van der Waals surface area contributed by atoms with E-state index in [1.165, 1.54) is 11.3 Å². The molecule has 6 heteroatoms. The zero-order chi connectivity index (χ0) is 11.4. The van der Waals surface area contributed by atoms with E-state index >= 15 is 0 Å². The second-order valence-electron chi connectivity index (χ2n) is 2.99. The van der Waals surface area contributed by atoms with Crippen molar-refractivity contribution >= 4 is 49.1 Å². The van der Waals surface area contributed by atoms with Crippen molar-refractivity contribution in [2.45, 2.75) is 13.0 Å². The third kappa shape index (κ3) is 3.86. The molecule has 0 aromatic carbocycles. The quantitative estimate of drug-likeness (QED) is 0.900. The highest BCUT2D eigenvalue weighted by molar-refractivity contribution is 9.13. The largest absolute Gasteiger partial charge is 0.380 e. The summed E-state index contributed by atoms with van der Waals surface area (Å²) in [5.41, 5.74) is 0. The summed E-state index contributed by atoms with van der Waals surface area (Å²) in [7, 11) is 1.62. The summed E-state index contributed by atoms with van der Waals surface area (Å²) in [4.78, 5) is 12.3. The normalized spacial score (nSPS) is 12.5. The van der Waals surface area contributed by atoms with Crippen LogP contribution in [0.1, 0.15) is 16.6 Å². The van der Waals surface area contributed by atoms with Crippen LogP contribution >= 0.6 is 43.2 Å². The standard InChI is InChI=1S/C9H11Br2NO2S/c1-5(14-2)4-12-9(13)7-3-6(10)8(11)15-7/h3,5H,4H2,1-2H3,(H,12,13). The minimum absolute atomic E-state index is 0.0285. The third-order valence-electron chi connectivity index (χ3n) is 1.82. The first-order chi connectivity index (χ1) is 7.04. The molecule has 0 aliphatic carbocycles. The van der Waals surface area contributed by atoms with Gasteiger partial charge in [0.1, 0.15) is 0 Å². The molecule has 15 heavy (non-hydrogen) atoms. The summed E-state index contributed by atoms with van der Waals surface area (Å²) < 4.78 is 6.86. The highest BCUT2D eigenvalue weighted by Crippen LogP contribution is 2.32. The molecule has 1 N–H and O–H groups in total. The number of carbonyl (C=O) groups is 1. The van der Waals surface area contributed by atoms with E-state index in [9.17, 15) is 4.79 Å². The Hall–Kier alpha value is 0.0900. The summed E-state index contributed by atoms with van der Waals surface area (Å²) in [5.74, 6) is -0.0738. The molecule has 84 valence electrons. The molecule has 0 bridgehead atoms. The van der Waals surface area contributed by atoms with Crippen molar-refractivity contribution < 1.29 is 9.53 Å². The Balaban J connectivity index is 2.54. The maximum atomic E-state index is 11.6. The van der Waals surface area contributed by atoms with Gasteiger partial charge >= 0.3 is 0 Å². The number of amides is 1. The predicted molar refractivity (Wildman–Crippen MR) is 68.5 cm³/mol. The highest BCUT2D eigenvalue weighted by atomic mass is 79.9. The minimum Gasteiger partial charge on any atom is -0.380 e. The van der Waals surface area contributed by atoms with Crippen LogP contribution in [0.5, 0.6) is 0 Å². The lowest BCUT2D eigenvalue weighted by Gasteiger charge is -2.09. The van der Waals surface area contributed by atoms with E-state index in [0.29, 0.717) is 11.4 Å². The van der Waals surface area contributed by atoms with Gasteiger partial charge < -0.3 is 10.1 Å². The van der Waals surface area contributed by atoms with E-state index in [0.717, 1.165) is 8.26 Å². The summed E-state index contributed by atoms with van der Waals surface area (Å²) >= 11 is 8.08. The van der Waals surface area contributed by atoms with Gasteiger partial charge in [0.05, 0.1) is 14.8 Å². The second-order valence-corrected chi connectivity index (χ2v) is 6.21. The molecule has 1 amide bonds. The molecule has 0 spiro atoms. The zero-order valence-corrected chi connectivity index (χ0v) is 12.3. The fourth-order valence-electron chi connectivity index (χ4n) is 0.865. The Kier molecular flexibility index (Phi) is 5.25. The maximum absolute atomic E-state index is 11.6. The molecule has 0 fully saturated rings. The summed E-state index contributed by atoms with van der Waals surface area (Å²) in [5, 5.41) is 2.80. The number of rotatable bonds is 4. The number of thiophene rings is 1. The molecule has 1 heterocycles. The Morgan fingerprint density at radius 3 is 2.80 bits per heavy atom. The van der Waals surface area contributed by atoms with Gasteiger partial charge in [0.15, 0.2) is 0 Å². The fraction of sp³-hybridized carbons (Fsp3) is 0.444. The molecule has 1 atom stereocenters. The molecule has 0 saturated carbocycles. The first-order valence-electron chi connectivity index (χ1n) is 4.30. The molecule has 1 aromatic heterocycles. The molecular formula is C9H11Br2NO2S. The Morgan fingerprint density at radius 2 is 2.33 bits per heavy atom. The van der Waals surface area contributed by atoms with Crippen LogP contribution in [0.15, 0.2) is 14.3 Å². The summed E-state index contributed by atoms with van der Waals surface area (Å²) in [6.07, 6.45) is 0.0285. The van der Waals surface area contributed by atoms with Crippen molar-refractivity contribution in [2.75, 3.05) is 13.7 Å². The Bertz CT molecular complexity index is 334. The van der Waals surface area contributed by atoms with Crippen molar-refractivity contribution in [2.24, 2.45) is 0 Å². The molecule has 1 aromatic rings. The number of carbonyl (C=O) groups excluding carboxylic acids is 1. The van der Waals surface area contributed by atoms with Gasteiger partial charge in [-0.25, -0.2) is 0 Å². The first kappa shape index (κ1) is 13.2. The van der Waals surface area contributed by atoms with Gasteiger partial charge in [-0.15, -0.1) is 11.3 Å². The van der Waals surface area contributed by atoms with Gasteiger partial charge in [0.25, 0.3) is 5.91 Å². The Morgan fingerprint density at radius 1 is 1.67 bits per heavy atom. The number of hydrogen-bond acceptors (Lipinski definition) is 3. The number of hydrogen-bond donors (Lipinski definition) is 1. The minimum atomic E-state index is -0.0738. The van der Waals surface area contributed by atoms with Crippen LogP contribution in [0.3, 0.4) is 0 Å². The average molecular weight is 357 g/mol. The van der Waals surface area contributed by atoms with Gasteiger partial charge in [-0.1, -0.05) is 0 Å². The van der Waals surface area contributed by atoms with E-state index in [-0.39, 0.29) is 12.0 Å². The fourth-order valence-corrected chi connectivity index (χ4v) is 2.82. The molecule has 1 rings (SSSR count). The van der Waals surface area contributed by atoms with Crippen LogP contribution in [0.2, 0.25) is 0 Å². The van der Waals surface area contributed by atoms with E-state index in [2.05, 4.69) is 37.2 Å². The molecule has 0 radical (unpaired) electrons. The smallest absolute Gasteiger partial charge is 0.261 e. The molecular weight excluding hydrogens is 346 g/mol. The van der Waals surface area contributed by atoms with Gasteiger partial charge in [-0.2, -0.15) is 0 Å². The van der Waals surface area contributed by atoms with E-state index in [1.54, 1.807) is 13.2 Å². The monoisotopic (exact) mass is 355 g/mol. The lowest BCUT2D eigenvalue weighted by molar-refractivity contribution is 0.0874. The summed E-state index contributed by atoms with van der Waals surface area (Å²) in [6, 6.07) is 1.79. The van der Waals surface area contributed by atoms with Crippen molar-refractivity contribution in [3.63, 3.8) is 0 Å². The van der Waals surface area contributed by atoms with Crippen molar-refractivity contribution in [1.29, 1.82) is 0 Å². The lowest BCUT2D eigenvalue weighted by Crippen LogP contribution is -2.31. The van der Waals surface area contributed by atoms with Crippen LogP contribution in [-0.4, -0.2) is 25.7 Å². The van der Waals surface area contributed by atoms with Gasteiger partial charge in [0.2, 0.25) is 0 Å². The van der Waals surface area contributed by atoms with E-state index < -0.39 is 0 Å². The summed E-state index contributed by atoms with van der Waals surface area (Å²) in [6.45, 7) is 2.42. The van der Waals surface area contributed by atoms with Gasteiger partial charge in [-0.05, 0) is 44.8 Å². The van der Waals surface area contributed by atoms with Crippen molar-refractivity contribution in [3.8, 4) is 0 Å². The predicted octanol–water partition coefficient (Wildman–Crippen LogP) is 3.04.